The van der Waals surface area contributed by atoms with E-state index in [1.54, 1.807) is 31.4 Å². The Morgan fingerprint density at radius 2 is 1.78 bits per heavy atom. The third-order valence-electron chi connectivity index (χ3n) is 11.2. The number of carbonyl (C=O) groups excluding carboxylic acids is 2. The smallest absolute Gasteiger partial charge is 0.264 e. The molecule has 12 nitrogen and oxygen atoms in total. The van der Waals surface area contributed by atoms with Gasteiger partial charge in [0.1, 0.15) is 17.6 Å². The van der Waals surface area contributed by atoms with Crippen LogP contribution in [0.15, 0.2) is 54.9 Å². The van der Waals surface area contributed by atoms with Crippen molar-refractivity contribution in [3.05, 3.63) is 82.9 Å². The topological polar surface area (TPSA) is 134 Å². The van der Waals surface area contributed by atoms with Crippen LogP contribution in [0.4, 0.5) is 0 Å². The average Bonchev–Trinajstić information content (AvgIpc) is 3.72. The zero-order valence-electron chi connectivity index (χ0n) is 32.6. The monoisotopic (exact) mass is 769 g/mol. The number of nitrogens with zero attached hydrogens (tertiary/aromatic N) is 4. The molecule has 1 aliphatic carbocycles. The summed E-state index contributed by atoms with van der Waals surface area (Å²) in [5.74, 6) is 0.615. The van der Waals surface area contributed by atoms with Crippen molar-refractivity contribution < 1.29 is 32.2 Å². The van der Waals surface area contributed by atoms with Crippen molar-refractivity contribution in [2.24, 2.45) is 0 Å². The summed E-state index contributed by atoms with van der Waals surface area (Å²) >= 11 is 0. The summed E-state index contributed by atoms with van der Waals surface area (Å²) in [6.07, 6.45) is 8.88. The quantitative estimate of drug-likeness (QED) is 0.168. The van der Waals surface area contributed by atoms with Gasteiger partial charge in [-0.15, -0.1) is 0 Å². The third-order valence-corrected chi connectivity index (χ3v) is 12.9. The van der Waals surface area contributed by atoms with Gasteiger partial charge in [-0.25, -0.2) is 13.1 Å². The second kappa shape index (κ2) is 15.3. The van der Waals surface area contributed by atoms with E-state index in [9.17, 15) is 18.0 Å². The van der Waals surface area contributed by atoms with Crippen molar-refractivity contribution in [1.82, 2.24) is 24.0 Å². The molecule has 1 saturated heterocycles. The number of amides is 2. The van der Waals surface area contributed by atoms with Gasteiger partial charge in [-0.3, -0.25) is 14.3 Å². The van der Waals surface area contributed by atoms with Crippen LogP contribution in [-0.4, -0.2) is 84.7 Å². The number of hydrogen-bond acceptors (Lipinski definition) is 8. The standard InChI is InChI=1S/C42H51N5O7S/c1-25(2)47-39(35(22-43-47)42(49)45-17-18-54-37(24-45)27(5)52-6)31-19-30-20-32(53-7)14-16-33(30)40-38(28-11-9-8-10-12-28)34-15-13-29(21-36(34)46(40)23-31)41(48)44-55(50,51)26(3)4/h13-16,19-22,25-26,28,37H,5,8-12,17-18,23-24H2,1-4,6-7H3,(H,44,48)/t37-/m0/s1. The minimum absolute atomic E-state index is 0.0759. The molecule has 4 aromatic rings. The first-order chi connectivity index (χ1) is 26.3. The van der Waals surface area contributed by atoms with Crippen LogP contribution in [0.2, 0.25) is 0 Å². The van der Waals surface area contributed by atoms with E-state index >= 15 is 0 Å². The molecule has 2 aliphatic heterocycles. The Bertz CT molecular complexity index is 2300. The van der Waals surface area contributed by atoms with Crippen molar-refractivity contribution in [2.45, 2.75) is 89.7 Å². The number of aromatic nitrogens is 3. The number of hydrogen-bond donors (Lipinski definition) is 1. The van der Waals surface area contributed by atoms with E-state index in [0.717, 1.165) is 59.0 Å². The highest BCUT2D eigenvalue weighted by atomic mass is 32.2. The lowest BCUT2D eigenvalue weighted by molar-refractivity contribution is -0.0248. The maximum absolute atomic E-state index is 14.5. The number of morpholine rings is 1. The predicted molar refractivity (Wildman–Crippen MR) is 214 cm³/mol. The normalized spacial score (nSPS) is 17.8. The molecule has 2 amide bonds. The second-order valence-electron chi connectivity index (χ2n) is 15.3. The van der Waals surface area contributed by atoms with Gasteiger partial charge in [0.05, 0.1) is 62.3 Å². The van der Waals surface area contributed by atoms with Crippen LogP contribution in [-0.2, 0) is 26.0 Å². The van der Waals surface area contributed by atoms with Gasteiger partial charge >= 0.3 is 0 Å². The molecular weight excluding hydrogens is 719 g/mol. The minimum Gasteiger partial charge on any atom is -0.499 e. The van der Waals surface area contributed by atoms with E-state index in [0.29, 0.717) is 54.9 Å². The summed E-state index contributed by atoms with van der Waals surface area (Å²) in [7, 11) is -0.660. The zero-order chi connectivity index (χ0) is 39.2. The Labute approximate surface area is 323 Å². The lowest BCUT2D eigenvalue weighted by Crippen LogP contribution is -2.46. The van der Waals surface area contributed by atoms with Gasteiger partial charge in [0, 0.05) is 34.6 Å². The van der Waals surface area contributed by atoms with Gasteiger partial charge in [-0.2, -0.15) is 5.10 Å². The highest BCUT2D eigenvalue weighted by molar-refractivity contribution is 7.90. The van der Waals surface area contributed by atoms with Crippen molar-refractivity contribution in [2.75, 3.05) is 33.9 Å². The van der Waals surface area contributed by atoms with Gasteiger partial charge in [0.15, 0.2) is 0 Å². The number of carbonyl (C=O) groups is 2. The summed E-state index contributed by atoms with van der Waals surface area (Å²) in [5, 5.41) is 5.05. The van der Waals surface area contributed by atoms with E-state index in [-0.39, 0.29) is 17.5 Å². The molecule has 292 valence electrons. The van der Waals surface area contributed by atoms with Crippen molar-refractivity contribution in [3.63, 3.8) is 0 Å². The molecule has 0 radical (unpaired) electrons. The summed E-state index contributed by atoms with van der Waals surface area (Å²) in [4.78, 5) is 29.9. The Kier molecular flexibility index (Phi) is 10.7. The number of sulfonamides is 1. The summed E-state index contributed by atoms with van der Waals surface area (Å²) in [5.41, 5.74) is 7.33. The molecule has 1 saturated carbocycles. The van der Waals surface area contributed by atoms with Crippen molar-refractivity contribution >= 4 is 44.4 Å². The lowest BCUT2D eigenvalue weighted by atomic mass is 9.81. The number of methoxy groups -OCH3 is 2. The molecule has 2 aromatic carbocycles. The molecule has 0 bridgehead atoms. The van der Waals surface area contributed by atoms with Crippen molar-refractivity contribution in [1.29, 1.82) is 0 Å². The largest absolute Gasteiger partial charge is 0.499 e. The molecule has 55 heavy (non-hydrogen) atoms. The van der Waals surface area contributed by atoms with E-state index in [4.69, 9.17) is 19.3 Å². The average molecular weight is 770 g/mol. The Hall–Kier alpha value is -4.88. The molecule has 2 aromatic heterocycles. The van der Waals surface area contributed by atoms with E-state index in [1.165, 1.54) is 25.8 Å². The van der Waals surface area contributed by atoms with Gasteiger partial charge in [0.25, 0.3) is 11.8 Å². The van der Waals surface area contributed by atoms with Crippen LogP contribution in [0.3, 0.4) is 0 Å². The van der Waals surface area contributed by atoms with Crippen LogP contribution in [0.5, 0.6) is 5.75 Å². The molecule has 3 aliphatic rings. The van der Waals surface area contributed by atoms with Crippen LogP contribution < -0.4 is 9.46 Å². The van der Waals surface area contributed by atoms with E-state index in [2.05, 4.69) is 28.0 Å². The highest BCUT2D eigenvalue weighted by Crippen LogP contribution is 2.48. The first-order valence-electron chi connectivity index (χ1n) is 19.2. The number of nitrogens with one attached hydrogen (secondary N) is 1. The lowest BCUT2D eigenvalue weighted by Gasteiger charge is -2.33. The van der Waals surface area contributed by atoms with Gasteiger partial charge in [-0.05, 0) is 99.6 Å². The minimum atomic E-state index is -3.86. The van der Waals surface area contributed by atoms with Crippen molar-refractivity contribution in [3.8, 4) is 17.0 Å². The first-order valence-corrected chi connectivity index (χ1v) is 20.7. The molecule has 1 N–H and O–H groups in total. The molecule has 13 heteroatoms. The van der Waals surface area contributed by atoms with Crippen LogP contribution in [0, 0.1) is 0 Å². The summed E-state index contributed by atoms with van der Waals surface area (Å²) in [6, 6.07) is 11.5. The number of fused-ring (bicyclic) bond motifs is 5. The molecule has 7 rings (SSSR count). The molecule has 0 spiro atoms. The molecule has 2 fully saturated rings. The highest BCUT2D eigenvalue weighted by Gasteiger charge is 2.34. The van der Waals surface area contributed by atoms with Gasteiger partial charge < -0.3 is 23.7 Å². The fourth-order valence-electron chi connectivity index (χ4n) is 8.19. The fraction of sp³-hybridized carbons (Fsp3) is 0.452. The van der Waals surface area contributed by atoms with Gasteiger partial charge in [0.2, 0.25) is 10.0 Å². The van der Waals surface area contributed by atoms with Gasteiger partial charge in [-0.1, -0.05) is 31.9 Å². The van der Waals surface area contributed by atoms with Crippen LogP contribution >= 0.6 is 0 Å². The molecule has 4 heterocycles. The Morgan fingerprint density at radius 1 is 1.02 bits per heavy atom. The van der Waals surface area contributed by atoms with Crippen LogP contribution in [0.1, 0.15) is 109 Å². The first kappa shape index (κ1) is 38.4. The van der Waals surface area contributed by atoms with E-state index in [1.807, 2.05) is 42.8 Å². The molecule has 0 unspecified atom stereocenters. The maximum Gasteiger partial charge on any atom is 0.264 e. The Morgan fingerprint density at radius 3 is 2.47 bits per heavy atom. The van der Waals surface area contributed by atoms with Crippen LogP contribution in [0.25, 0.3) is 33.8 Å². The second-order valence-corrected chi connectivity index (χ2v) is 17.5. The third kappa shape index (κ3) is 7.19. The SMILES string of the molecule is C=C(OC)[C@@H]1CN(C(=O)c2cnn(C(C)C)c2C2=Cc3cc(OC)ccc3-c3c(C4CCCCC4)c4ccc(C(=O)NS(=O)(=O)C(C)C)cc4n3C2)CCO1. The maximum atomic E-state index is 14.5. The molecule has 1 atom stereocenters. The molecular formula is C42H51N5O7S. The summed E-state index contributed by atoms with van der Waals surface area (Å²) < 4.78 is 49.0. The number of benzene rings is 2. The number of ether oxygens (including phenoxy) is 3. The number of allylic oxidation sites excluding steroid dienone is 1. The van der Waals surface area contributed by atoms with E-state index < -0.39 is 27.3 Å². The number of rotatable bonds is 10. The summed E-state index contributed by atoms with van der Waals surface area (Å²) in [6.45, 7) is 12.5. The fourth-order valence-corrected chi connectivity index (χ4v) is 8.81. The predicted octanol–water partition coefficient (Wildman–Crippen LogP) is 7.17. The zero-order valence-corrected chi connectivity index (χ0v) is 33.4. The Balaban J connectivity index is 1.44.